The number of hydrogen-bond acceptors (Lipinski definition) is 3. The summed E-state index contributed by atoms with van der Waals surface area (Å²) in [5.41, 5.74) is 3.73. The molecule has 1 nitrogen and oxygen atoms in total. The van der Waals surface area contributed by atoms with E-state index in [1.54, 1.807) is 0 Å². The first kappa shape index (κ1) is 17.0. The zero-order valence-corrected chi connectivity index (χ0v) is 15.8. The summed E-state index contributed by atoms with van der Waals surface area (Å²) >= 11 is 3.62. The quantitative estimate of drug-likeness (QED) is 0.553. The molecule has 0 aliphatic heterocycles. The molecular weight excluding hydrogens is 330 g/mol. The second-order valence-electron chi connectivity index (χ2n) is 5.77. The van der Waals surface area contributed by atoms with Crippen LogP contribution in [0.25, 0.3) is 0 Å². The Hall–Kier alpha value is -1.84. The van der Waals surface area contributed by atoms with Gasteiger partial charge in [-0.3, -0.25) is 0 Å². The summed E-state index contributed by atoms with van der Waals surface area (Å²) in [6.45, 7) is 4.28. The topological polar surface area (TPSA) is 12.0 Å². The maximum absolute atomic E-state index is 3.15. The number of rotatable bonds is 5. The van der Waals surface area contributed by atoms with E-state index in [4.69, 9.17) is 0 Å². The second-order valence-corrected chi connectivity index (χ2v) is 8.07. The largest absolute Gasteiger partial charge is 0.388 e. The predicted molar refractivity (Wildman–Crippen MR) is 107 cm³/mol. The van der Waals surface area contributed by atoms with E-state index in [0.29, 0.717) is 0 Å². The zero-order valence-electron chi connectivity index (χ0n) is 14.2. The van der Waals surface area contributed by atoms with Crippen molar-refractivity contribution in [1.82, 2.24) is 0 Å². The first-order chi connectivity index (χ1) is 11.6. The Kier molecular flexibility index (Phi) is 5.54. The molecule has 0 unspecified atom stereocenters. The highest BCUT2D eigenvalue weighted by atomic mass is 32.2. The molecule has 0 radical (unpaired) electrons. The van der Waals surface area contributed by atoms with Crippen molar-refractivity contribution in [2.24, 2.45) is 0 Å². The van der Waals surface area contributed by atoms with Gasteiger partial charge in [-0.2, -0.15) is 0 Å². The molecule has 0 heterocycles. The molecule has 0 aliphatic carbocycles. The van der Waals surface area contributed by atoms with Gasteiger partial charge in [0.2, 0.25) is 0 Å². The molecule has 3 rings (SSSR count). The predicted octanol–water partition coefficient (Wildman–Crippen LogP) is 6.65. The molecule has 3 aromatic rings. The van der Waals surface area contributed by atoms with Crippen LogP contribution in [0.3, 0.4) is 0 Å². The molecule has 0 saturated heterocycles. The number of anilines is 1. The minimum atomic E-state index is 1.14. The molecule has 0 atom stereocenters. The van der Waals surface area contributed by atoms with E-state index in [0.717, 1.165) is 5.69 Å². The number of aryl methyl sites for hydroxylation is 2. The Labute approximate surface area is 152 Å². The Balaban J connectivity index is 1.78. The van der Waals surface area contributed by atoms with Crippen molar-refractivity contribution in [3.8, 4) is 0 Å². The fourth-order valence-electron chi connectivity index (χ4n) is 2.40. The highest BCUT2D eigenvalue weighted by molar-refractivity contribution is 8.00. The second kappa shape index (κ2) is 7.82. The fraction of sp³-hybridized carbons (Fsp3) is 0.143. The van der Waals surface area contributed by atoms with Crippen LogP contribution in [-0.4, -0.2) is 7.05 Å². The minimum Gasteiger partial charge on any atom is -0.388 e. The molecule has 24 heavy (non-hydrogen) atoms. The van der Waals surface area contributed by atoms with E-state index in [1.807, 2.05) is 30.6 Å². The van der Waals surface area contributed by atoms with Crippen molar-refractivity contribution in [1.29, 1.82) is 0 Å². The average molecular weight is 352 g/mol. The fourth-order valence-corrected chi connectivity index (χ4v) is 4.42. The van der Waals surface area contributed by atoms with Crippen LogP contribution in [0.4, 0.5) is 5.69 Å². The molecule has 122 valence electrons. The summed E-state index contributed by atoms with van der Waals surface area (Å²) in [4.78, 5) is 5.10. The molecule has 0 amide bonds. The van der Waals surface area contributed by atoms with Gasteiger partial charge in [0, 0.05) is 32.3 Å². The summed E-state index contributed by atoms with van der Waals surface area (Å²) in [7, 11) is 1.94. The maximum atomic E-state index is 3.15. The summed E-state index contributed by atoms with van der Waals surface area (Å²) in [5.74, 6) is 0. The molecule has 0 fully saturated rings. The Morgan fingerprint density at radius 3 is 1.58 bits per heavy atom. The van der Waals surface area contributed by atoms with Gasteiger partial charge in [0.25, 0.3) is 0 Å². The van der Waals surface area contributed by atoms with Crippen LogP contribution in [0.15, 0.2) is 86.3 Å². The van der Waals surface area contributed by atoms with Gasteiger partial charge in [0.1, 0.15) is 0 Å². The van der Waals surface area contributed by atoms with Crippen LogP contribution in [0, 0.1) is 13.8 Å². The van der Waals surface area contributed by atoms with E-state index in [2.05, 4.69) is 85.9 Å². The SMILES string of the molecule is CNc1ccc(Sc2cc(C)cc(Sc3ccc(C)cc3)c2)cc1. The minimum absolute atomic E-state index is 1.14. The van der Waals surface area contributed by atoms with E-state index in [1.165, 1.54) is 30.7 Å². The zero-order chi connectivity index (χ0) is 16.9. The van der Waals surface area contributed by atoms with E-state index in [-0.39, 0.29) is 0 Å². The van der Waals surface area contributed by atoms with Crippen LogP contribution in [0.5, 0.6) is 0 Å². The van der Waals surface area contributed by atoms with Crippen molar-refractivity contribution < 1.29 is 0 Å². The average Bonchev–Trinajstić information content (AvgIpc) is 2.57. The van der Waals surface area contributed by atoms with Crippen LogP contribution < -0.4 is 5.32 Å². The molecule has 3 heteroatoms. The van der Waals surface area contributed by atoms with Crippen LogP contribution in [0.1, 0.15) is 11.1 Å². The molecule has 0 spiro atoms. The third-order valence-electron chi connectivity index (χ3n) is 3.66. The molecule has 0 aromatic heterocycles. The lowest BCUT2D eigenvalue weighted by Gasteiger charge is -2.08. The standard InChI is InChI=1S/C21H21NS2/c1-15-4-8-18(9-5-15)23-20-12-16(2)13-21(14-20)24-19-10-6-17(22-3)7-11-19/h4-14,22H,1-3H3. The lowest BCUT2D eigenvalue weighted by molar-refractivity contribution is 1.25. The highest BCUT2D eigenvalue weighted by Crippen LogP contribution is 2.35. The van der Waals surface area contributed by atoms with E-state index < -0.39 is 0 Å². The number of benzene rings is 3. The third kappa shape index (κ3) is 4.59. The maximum Gasteiger partial charge on any atom is 0.0338 e. The van der Waals surface area contributed by atoms with Gasteiger partial charge >= 0.3 is 0 Å². The molecular formula is C21H21NS2. The van der Waals surface area contributed by atoms with Crippen molar-refractivity contribution in [2.45, 2.75) is 33.4 Å². The smallest absolute Gasteiger partial charge is 0.0338 e. The van der Waals surface area contributed by atoms with Crippen molar-refractivity contribution in [2.75, 3.05) is 12.4 Å². The highest BCUT2D eigenvalue weighted by Gasteiger charge is 2.04. The van der Waals surface area contributed by atoms with Gasteiger partial charge in [-0.05, 0) is 74.0 Å². The lowest BCUT2D eigenvalue weighted by Crippen LogP contribution is -1.86. The van der Waals surface area contributed by atoms with Gasteiger partial charge in [-0.15, -0.1) is 0 Å². The molecule has 0 saturated carbocycles. The first-order valence-corrected chi connectivity index (χ1v) is 9.57. The summed E-state index contributed by atoms with van der Waals surface area (Å²) in [6, 6.07) is 24.0. The van der Waals surface area contributed by atoms with Crippen LogP contribution >= 0.6 is 23.5 Å². The van der Waals surface area contributed by atoms with Gasteiger partial charge in [-0.25, -0.2) is 0 Å². The molecule has 0 aliphatic rings. The van der Waals surface area contributed by atoms with Crippen LogP contribution in [-0.2, 0) is 0 Å². The summed E-state index contributed by atoms with van der Waals surface area (Å²) in [5, 5.41) is 3.15. The monoisotopic (exact) mass is 351 g/mol. The van der Waals surface area contributed by atoms with Crippen molar-refractivity contribution in [3.63, 3.8) is 0 Å². The Morgan fingerprint density at radius 1 is 0.583 bits per heavy atom. The van der Waals surface area contributed by atoms with Gasteiger partial charge < -0.3 is 5.32 Å². The lowest BCUT2D eigenvalue weighted by atomic mass is 10.2. The number of nitrogens with one attached hydrogen (secondary N) is 1. The van der Waals surface area contributed by atoms with Crippen molar-refractivity contribution in [3.05, 3.63) is 77.9 Å². The van der Waals surface area contributed by atoms with Crippen LogP contribution in [0.2, 0.25) is 0 Å². The Bertz CT molecular complexity index is 808. The summed E-state index contributed by atoms with van der Waals surface area (Å²) in [6.07, 6.45) is 0. The molecule has 3 aromatic carbocycles. The molecule has 1 N–H and O–H groups in total. The van der Waals surface area contributed by atoms with Gasteiger partial charge in [-0.1, -0.05) is 41.2 Å². The Morgan fingerprint density at radius 2 is 1.08 bits per heavy atom. The van der Waals surface area contributed by atoms with Crippen molar-refractivity contribution >= 4 is 29.2 Å². The molecule has 0 bridgehead atoms. The van der Waals surface area contributed by atoms with Gasteiger partial charge in [0.15, 0.2) is 0 Å². The van der Waals surface area contributed by atoms with E-state index >= 15 is 0 Å². The number of hydrogen-bond donors (Lipinski definition) is 1. The normalized spacial score (nSPS) is 10.6. The van der Waals surface area contributed by atoms with E-state index in [9.17, 15) is 0 Å². The summed E-state index contributed by atoms with van der Waals surface area (Å²) < 4.78 is 0. The van der Waals surface area contributed by atoms with Gasteiger partial charge in [0.05, 0.1) is 0 Å². The first-order valence-electron chi connectivity index (χ1n) is 7.94. The third-order valence-corrected chi connectivity index (χ3v) is 5.62.